The Labute approximate surface area is 114 Å². The predicted molar refractivity (Wildman–Crippen MR) is 75.4 cm³/mol. The molecular weight excluding hydrogens is 240 g/mol. The second-order valence-corrected chi connectivity index (χ2v) is 5.34. The number of carbonyl (C=O) groups excluding carboxylic acids is 1. The van der Waals surface area contributed by atoms with E-state index in [9.17, 15) is 9.90 Å². The molecule has 0 spiro atoms. The van der Waals surface area contributed by atoms with Gasteiger partial charge in [-0.3, -0.25) is 4.79 Å². The lowest BCUT2D eigenvalue weighted by atomic mass is 10.0. The van der Waals surface area contributed by atoms with Crippen molar-refractivity contribution >= 4 is 5.91 Å². The van der Waals surface area contributed by atoms with Gasteiger partial charge in [0.05, 0.1) is 0 Å². The second-order valence-electron chi connectivity index (χ2n) is 5.34. The van der Waals surface area contributed by atoms with Gasteiger partial charge in [-0.2, -0.15) is 0 Å². The highest BCUT2D eigenvalue weighted by Gasteiger charge is 2.19. The van der Waals surface area contributed by atoms with Gasteiger partial charge in [-0.15, -0.1) is 0 Å². The standard InChI is InChI=1S/C15H22N2O2/c1-11-9-13(18)6-7-14(11)15(19)16-10-12-5-3-4-8-17(12)2/h6-7,9,12,18H,3-5,8,10H2,1-2H3,(H,16,19). The maximum absolute atomic E-state index is 12.1. The summed E-state index contributed by atoms with van der Waals surface area (Å²) in [6.07, 6.45) is 3.63. The Hall–Kier alpha value is -1.55. The molecule has 1 saturated heterocycles. The van der Waals surface area contributed by atoms with Crippen LogP contribution < -0.4 is 5.32 Å². The fourth-order valence-electron chi connectivity index (χ4n) is 2.61. The van der Waals surface area contributed by atoms with Gasteiger partial charge in [0.1, 0.15) is 5.75 Å². The number of aromatic hydroxyl groups is 1. The number of nitrogens with zero attached hydrogens (tertiary/aromatic N) is 1. The number of likely N-dealkylation sites (tertiary alicyclic amines) is 1. The average Bonchev–Trinajstić information content (AvgIpc) is 2.37. The van der Waals surface area contributed by atoms with Crippen molar-refractivity contribution in [2.45, 2.75) is 32.2 Å². The number of rotatable bonds is 3. The number of hydrogen-bond acceptors (Lipinski definition) is 3. The van der Waals surface area contributed by atoms with E-state index in [1.54, 1.807) is 18.2 Å². The van der Waals surface area contributed by atoms with Crippen LogP contribution in [0.25, 0.3) is 0 Å². The minimum atomic E-state index is -0.0588. The molecule has 1 aromatic carbocycles. The minimum Gasteiger partial charge on any atom is -0.508 e. The summed E-state index contributed by atoms with van der Waals surface area (Å²) in [6, 6.07) is 5.27. The van der Waals surface area contributed by atoms with Crippen molar-refractivity contribution in [2.75, 3.05) is 20.1 Å². The molecule has 0 aliphatic carbocycles. The summed E-state index contributed by atoms with van der Waals surface area (Å²) in [6.45, 7) is 3.63. The van der Waals surface area contributed by atoms with Gasteiger partial charge in [-0.05, 0) is 57.1 Å². The number of hydrogen-bond donors (Lipinski definition) is 2. The molecule has 19 heavy (non-hydrogen) atoms. The largest absolute Gasteiger partial charge is 0.508 e. The maximum atomic E-state index is 12.1. The smallest absolute Gasteiger partial charge is 0.251 e. The Morgan fingerprint density at radius 1 is 1.47 bits per heavy atom. The number of phenols is 1. The van der Waals surface area contributed by atoms with Gasteiger partial charge >= 0.3 is 0 Å². The molecule has 104 valence electrons. The molecule has 1 amide bonds. The molecular formula is C15H22N2O2. The first-order valence-corrected chi connectivity index (χ1v) is 6.86. The van der Waals surface area contributed by atoms with E-state index < -0.39 is 0 Å². The Morgan fingerprint density at radius 3 is 2.95 bits per heavy atom. The summed E-state index contributed by atoms with van der Waals surface area (Å²) in [5, 5.41) is 12.3. The first-order chi connectivity index (χ1) is 9.08. The summed E-state index contributed by atoms with van der Waals surface area (Å²) in [5.41, 5.74) is 1.44. The third-order valence-corrected chi connectivity index (χ3v) is 3.87. The average molecular weight is 262 g/mol. The number of nitrogens with one attached hydrogen (secondary N) is 1. The molecule has 0 bridgehead atoms. The lowest BCUT2D eigenvalue weighted by Gasteiger charge is -2.32. The van der Waals surface area contributed by atoms with Crippen LogP contribution in [0.15, 0.2) is 18.2 Å². The predicted octanol–water partition coefficient (Wildman–Crippen LogP) is 1.91. The van der Waals surface area contributed by atoms with Crippen molar-refractivity contribution in [1.29, 1.82) is 0 Å². The number of aryl methyl sites for hydroxylation is 1. The van der Waals surface area contributed by atoms with Crippen LogP contribution in [0.5, 0.6) is 5.75 Å². The molecule has 4 heteroatoms. The highest BCUT2D eigenvalue weighted by molar-refractivity contribution is 5.95. The molecule has 1 fully saturated rings. The van der Waals surface area contributed by atoms with Crippen molar-refractivity contribution in [1.82, 2.24) is 10.2 Å². The first kappa shape index (κ1) is 13.9. The molecule has 1 heterocycles. The van der Waals surface area contributed by atoms with Crippen LogP contribution in [0.3, 0.4) is 0 Å². The normalized spacial score (nSPS) is 20.2. The lowest BCUT2D eigenvalue weighted by Crippen LogP contribution is -2.44. The Balaban J connectivity index is 1.93. The molecule has 0 saturated carbocycles. The van der Waals surface area contributed by atoms with E-state index in [2.05, 4.69) is 17.3 Å². The summed E-state index contributed by atoms with van der Waals surface area (Å²) >= 11 is 0. The fraction of sp³-hybridized carbons (Fsp3) is 0.533. The van der Waals surface area contributed by atoms with Crippen LogP contribution in [-0.2, 0) is 0 Å². The van der Waals surface area contributed by atoms with Gasteiger partial charge in [0.15, 0.2) is 0 Å². The van der Waals surface area contributed by atoms with Gasteiger partial charge in [-0.25, -0.2) is 0 Å². The number of phenolic OH excluding ortho intramolecular Hbond substituents is 1. The Morgan fingerprint density at radius 2 is 2.26 bits per heavy atom. The zero-order valence-corrected chi connectivity index (χ0v) is 11.6. The van der Waals surface area contributed by atoms with E-state index in [4.69, 9.17) is 0 Å². The zero-order valence-electron chi connectivity index (χ0n) is 11.6. The molecule has 4 nitrogen and oxygen atoms in total. The van der Waals surface area contributed by atoms with Crippen LogP contribution in [0, 0.1) is 6.92 Å². The third kappa shape index (κ3) is 3.47. The van der Waals surface area contributed by atoms with Gasteiger partial charge in [-0.1, -0.05) is 6.42 Å². The number of benzene rings is 1. The Bertz CT molecular complexity index is 459. The summed E-state index contributed by atoms with van der Waals surface area (Å²) in [4.78, 5) is 14.4. The SMILES string of the molecule is Cc1cc(O)ccc1C(=O)NCC1CCCCN1C. The molecule has 2 rings (SSSR count). The van der Waals surface area contributed by atoms with Gasteiger partial charge in [0.25, 0.3) is 5.91 Å². The van der Waals surface area contributed by atoms with E-state index in [0.29, 0.717) is 18.2 Å². The van der Waals surface area contributed by atoms with E-state index in [1.165, 1.54) is 12.8 Å². The molecule has 1 aliphatic rings. The van der Waals surface area contributed by atoms with Crippen molar-refractivity contribution in [2.24, 2.45) is 0 Å². The number of piperidine rings is 1. The lowest BCUT2D eigenvalue weighted by molar-refractivity contribution is 0.0928. The molecule has 2 N–H and O–H groups in total. The first-order valence-electron chi connectivity index (χ1n) is 6.86. The number of carbonyl (C=O) groups is 1. The highest BCUT2D eigenvalue weighted by Crippen LogP contribution is 2.17. The molecule has 1 atom stereocenters. The van der Waals surface area contributed by atoms with E-state index in [0.717, 1.165) is 18.5 Å². The quantitative estimate of drug-likeness (QED) is 0.875. The monoisotopic (exact) mass is 262 g/mol. The summed E-state index contributed by atoms with van der Waals surface area (Å²) in [7, 11) is 2.11. The minimum absolute atomic E-state index is 0.0588. The van der Waals surface area contributed by atoms with Crippen LogP contribution in [0.4, 0.5) is 0 Å². The van der Waals surface area contributed by atoms with Crippen LogP contribution >= 0.6 is 0 Å². The van der Waals surface area contributed by atoms with E-state index >= 15 is 0 Å². The third-order valence-electron chi connectivity index (χ3n) is 3.87. The van der Waals surface area contributed by atoms with E-state index in [-0.39, 0.29) is 11.7 Å². The van der Waals surface area contributed by atoms with Gasteiger partial charge in [0, 0.05) is 18.2 Å². The summed E-state index contributed by atoms with van der Waals surface area (Å²) < 4.78 is 0. The van der Waals surface area contributed by atoms with Crippen molar-refractivity contribution < 1.29 is 9.90 Å². The van der Waals surface area contributed by atoms with Crippen molar-refractivity contribution in [3.8, 4) is 5.75 Å². The number of amides is 1. The van der Waals surface area contributed by atoms with Crippen LogP contribution in [0.1, 0.15) is 35.2 Å². The second kappa shape index (κ2) is 6.06. The fourth-order valence-corrected chi connectivity index (χ4v) is 2.61. The summed E-state index contributed by atoms with van der Waals surface area (Å²) in [5.74, 6) is 0.137. The molecule has 1 aromatic rings. The van der Waals surface area contributed by atoms with Crippen molar-refractivity contribution in [3.63, 3.8) is 0 Å². The topological polar surface area (TPSA) is 52.6 Å². The van der Waals surface area contributed by atoms with Gasteiger partial charge < -0.3 is 15.3 Å². The Kier molecular flexibility index (Phi) is 4.43. The zero-order chi connectivity index (χ0) is 13.8. The van der Waals surface area contributed by atoms with Gasteiger partial charge in [0.2, 0.25) is 0 Å². The number of likely N-dealkylation sites (N-methyl/N-ethyl adjacent to an activating group) is 1. The molecule has 1 unspecified atom stereocenters. The van der Waals surface area contributed by atoms with Crippen LogP contribution in [0.2, 0.25) is 0 Å². The van der Waals surface area contributed by atoms with Crippen LogP contribution in [-0.4, -0.2) is 42.1 Å². The molecule has 1 aliphatic heterocycles. The maximum Gasteiger partial charge on any atom is 0.251 e. The van der Waals surface area contributed by atoms with Crippen molar-refractivity contribution in [3.05, 3.63) is 29.3 Å². The van der Waals surface area contributed by atoms with E-state index in [1.807, 2.05) is 6.92 Å². The highest BCUT2D eigenvalue weighted by atomic mass is 16.3. The molecule has 0 radical (unpaired) electrons. The molecule has 0 aromatic heterocycles.